The first-order chi connectivity index (χ1) is 14.0. The minimum atomic E-state index is -0.381. The van der Waals surface area contributed by atoms with Gasteiger partial charge in [-0.3, -0.25) is 19.1 Å². The second-order valence-corrected chi connectivity index (χ2v) is 7.83. The first-order valence-corrected chi connectivity index (χ1v) is 10.2. The average Bonchev–Trinajstić information content (AvgIpc) is 3.14. The smallest absolute Gasteiger partial charge is 0.324 e. The zero-order valence-electron chi connectivity index (χ0n) is 16.1. The Labute approximate surface area is 171 Å². The fourth-order valence-corrected chi connectivity index (χ4v) is 4.10. The van der Waals surface area contributed by atoms with Gasteiger partial charge in [-0.25, -0.2) is 9.78 Å². The fourth-order valence-electron chi connectivity index (χ4n) is 3.22. The molecule has 0 aliphatic carbocycles. The fraction of sp³-hybridized carbons (Fsp3) is 0.238. The molecule has 1 fully saturated rings. The Morgan fingerprint density at radius 1 is 1.14 bits per heavy atom. The maximum absolute atomic E-state index is 13.2. The SMILES string of the molecule is Cc1ccc(-n2c(SCC(=O)N3CCNC3=O)nc3ccccc3c2=O)cc1C. The van der Waals surface area contributed by atoms with E-state index in [1.165, 1.54) is 9.47 Å². The highest BCUT2D eigenvalue weighted by Crippen LogP contribution is 2.23. The van der Waals surface area contributed by atoms with Crippen LogP contribution in [0.1, 0.15) is 11.1 Å². The second kappa shape index (κ2) is 7.71. The number of urea groups is 1. The van der Waals surface area contributed by atoms with E-state index in [4.69, 9.17) is 0 Å². The summed E-state index contributed by atoms with van der Waals surface area (Å²) in [6, 6.07) is 12.5. The van der Waals surface area contributed by atoms with E-state index in [1.807, 2.05) is 38.1 Å². The zero-order valence-corrected chi connectivity index (χ0v) is 17.0. The summed E-state index contributed by atoms with van der Waals surface area (Å²) in [5.74, 6) is -0.290. The Bertz CT molecular complexity index is 1190. The summed E-state index contributed by atoms with van der Waals surface area (Å²) in [6.07, 6.45) is 0. The van der Waals surface area contributed by atoms with E-state index in [0.29, 0.717) is 34.8 Å². The number of carbonyl (C=O) groups excluding carboxylic acids is 2. The third-order valence-electron chi connectivity index (χ3n) is 4.98. The lowest BCUT2D eigenvalue weighted by molar-refractivity contribution is -0.124. The summed E-state index contributed by atoms with van der Waals surface area (Å²) in [5.41, 5.74) is 3.27. The number of rotatable bonds is 4. The van der Waals surface area contributed by atoms with Gasteiger partial charge in [0.05, 0.1) is 22.3 Å². The molecule has 148 valence electrons. The number of carbonyl (C=O) groups is 2. The van der Waals surface area contributed by atoms with Crippen LogP contribution in [0.25, 0.3) is 16.6 Å². The van der Waals surface area contributed by atoms with Crippen LogP contribution in [0.2, 0.25) is 0 Å². The summed E-state index contributed by atoms with van der Waals surface area (Å²) < 4.78 is 1.54. The van der Waals surface area contributed by atoms with Crippen LogP contribution in [0.5, 0.6) is 0 Å². The van der Waals surface area contributed by atoms with E-state index in [9.17, 15) is 14.4 Å². The Balaban J connectivity index is 1.77. The number of aryl methyl sites for hydroxylation is 2. The van der Waals surface area contributed by atoms with Crippen molar-refractivity contribution in [1.82, 2.24) is 19.8 Å². The predicted octanol–water partition coefficient (Wildman–Crippen LogP) is 2.65. The molecular formula is C21H20N4O3S. The number of fused-ring (bicyclic) bond motifs is 1. The lowest BCUT2D eigenvalue weighted by Gasteiger charge is -2.15. The van der Waals surface area contributed by atoms with Gasteiger partial charge in [-0.05, 0) is 49.2 Å². The minimum absolute atomic E-state index is 0.0169. The summed E-state index contributed by atoms with van der Waals surface area (Å²) in [7, 11) is 0. The lowest BCUT2D eigenvalue weighted by atomic mass is 10.1. The van der Waals surface area contributed by atoms with Crippen molar-refractivity contribution in [2.75, 3.05) is 18.8 Å². The molecule has 0 bridgehead atoms. The molecule has 1 aliphatic heterocycles. The van der Waals surface area contributed by atoms with Gasteiger partial charge in [0.25, 0.3) is 5.56 Å². The van der Waals surface area contributed by atoms with E-state index in [-0.39, 0.29) is 23.3 Å². The number of amides is 3. The molecule has 0 atom stereocenters. The van der Waals surface area contributed by atoms with Crippen LogP contribution in [0.15, 0.2) is 52.4 Å². The van der Waals surface area contributed by atoms with Crippen LogP contribution in [0.3, 0.4) is 0 Å². The number of imide groups is 1. The first kappa shape index (κ1) is 19.2. The molecule has 1 aromatic heterocycles. The van der Waals surface area contributed by atoms with E-state index >= 15 is 0 Å². The van der Waals surface area contributed by atoms with Crippen LogP contribution < -0.4 is 10.9 Å². The van der Waals surface area contributed by atoms with Crippen LogP contribution in [-0.4, -0.2) is 45.2 Å². The molecular weight excluding hydrogens is 388 g/mol. The van der Waals surface area contributed by atoms with Crippen LogP contribution in [0, 0.1) is 13.8 Å². The molecule has 8 heteroatoms. The predicted molar refractivity (Wildman–Crippen MR) is 113 cm³/mol. The van der Waals surface area contributed by atoms with Gasteiger partial charge in [0.2, 0.25) is 5.91 Å². The first-order valence-electron chi connectivity index (χ1n) is 9.26. The monoisotopic (exact) mass is 408 g/mol. The quantitative estimate of drug-likeness (QED) is 0.530. The summed E-state index contributed by atoms with van der Waals surface area (Å²) in [5, 5.41) is 3.55. The number of hydrogen-bond donors (Lipinski definition) is 1. The minimum Gasteiger partial charge on any atom is -0.336 e. The maximum atomic E-state index is 13.2. The molecule has 3 amide bonds. The van der Waals surface area contributed by atoms with Crippen LogP contribution >= 0.6 is 11.8 Å². The van der Waals surface area contributed by atoms with Crippen molar-refractivity contribution in [2.24, 2.45) is 0 Å². The normalized spacial score (nSPS) is 13.7. The van der Waals surface area contributed by atoms with Gasteiger partial charge < -0.3 is 5.32 Å². The number of thioether (sulfide) groups is 1. The topological polar surface area (TPSA) is 84.3 Å². The van der Waals surface area contributed by atoms with Crippen molar-refractivity contribution in [3.63, 3.8) is 0 Å². The number of nitrogens with zero attached hydrogens (tertiary/aromatic N) is 3. The molecule has 1 N–H and O–H groups in total. The van der Waals surface area contributed by atoms with Crippen LogP contribution in [-0.2, 0) is 4.79 Å². The molecule has 29 heavy (non-hydrogen) atoms. The lowest BCUT2D eigenvalue weighted by Crippen LogP contribution is -2.35. The number of aromatic nitrogens is 2. The largest absolute Gasteiger partial charge is 0.336 e. The van der Waals surface area contributed by atoms with Gasteiger partial charge in [0.1, 0.15) is 0 Å². The number of nitrogens with one attached hydrogen (secondary N) is 1. The molecule has 2 aromatic carbocycles. The summed E-state index contributed by atoms with van der Waals surface area (Å²) >= 11 is 1.16. The van der Waals surface area contributed by atoms with Gasteiger partial charge in [-0.15, -0.1) is 0 Å². The van der Waals surface area contributed by atoms with Crippen molar-refractivity contribution in [1.29, 1.82) is 0 Å². The van der Waals surface area contributed by atoms with Gasteiger partial charge in [-0.1, -0.05) is 30.0 Å². The molecule has 0 spiro atoms. The van der Waals surface area contributed by atoms with Crippen molar-refractivity contribution < 1.29 is 9.59 Å². The van der Waals surface area contributed by atoms with E-state index in [1.54, 1.807) is 18.2 Å². The molecule has 3 aromatic rings. The third-order valence-corrected chi connectivity index (χ3v) is 5.90. The summed E-state index contributed by atoms with van der Waals surface area (Å²) in [6.45, 7) is 4.81. The maximum Gasteiger partial charge on any atom is 0.324 e. The van der Waals surface area contributed by atoms with Gasteiger partial charge in [0.15, 0.2) is 5.16 Å². The number of hydrogen-bond acceptors (Lipinski definition) is 5. The average molecular weight is 408 g/mol. The Morgan fingerprint density at radius 2 is 1.93 bits per heavy atom. The zero-order chi connectivity index (χ0) is 20.5. The van der Waals surface area contributed by atoms with Crippen molar-refractivity contribution in [3.05, 3.63) is 63.9 Å². The molecule has 7 nitrogen and oxygen atoms in total. The van der Waals surface area contributed by atoms with Gasteiger partial charge in [0, 0.05) is 13.1 Å². The third kappa shape index (κ3) is 3.63. The standard InChI is InChI=1S/C21H20N4O3S/c1-13-7-8-15(11-14(13)2)25-19(27)16-5-3-4-6-17(16)23-21(25)29-12-18(26)24-10-9-22-20(24)28/h3-8,11H,9-10,12H2,1-2H3,(H,22,28). The van der Waals surface area contributed by atoms with Gasteiger partial charge in [-0.2, -0.15) is 0 Å². The highest BCUT2D eigenvalue weighted by atomic mass is 32.2. The van der Waals surface area contributed by atoms with Gasteiger partial charge >= 0.3 is 6.03 Å². The Morgan fingerprint density at radius 3 is 2.66 bits per heavy atom. The van der Waals surface area contributed by atoms with E-state index < -0.39 is 0 Å². The molecule has 0 saturated carbocycles. The second-order valence-electron chi connectivity index (χ2n) is 6.89. The molecule has 0 unspecified atom stereocenters. The molecule has 0 radical (unpaired) electrons. The van der Waals surface area contributed by atoms with Crippen LogP contribution in [0.4, 0.5) is 4.79 Å². The van der Waals surface area contributed by atoms with Crippen molar-refractivity contribution in [3.8, 4) is 5.69 Å². The molecule has 1 aliphatic rings. The number of para-hydroxylation sites is 1. The summed E-state index contributed by atoms with van der Waals surface area (Å²) in [4.78, 5) is 43.3. The molecule has 4 rings (SSSR count). The van der Waals surface area contributed by atoms with Crippen molar-refractivity contribution in [2.45, 2.75) is 19.0 Å². The highest BCUT2D eigenvalue weighted by Gasteiger charge is 2.26. The van der Waals surface area contributed by atoms with Crippen molar-refractivity contribution >= 4 is 34.6 Å². The van der Waals surface area contributed by atoms with E-state index in [2.05, 4.69) is 10.3 Å². The number of benzene rings is 2. The highest BCUT2D eigenvalue weighted by molar-refractivity contribution is 7.99. The molecule has 2 heterocycles. The Hall–Kier alpha value is -3.13. The molecule has 1 saturated heterocycles. The van der Waals surface area contributed by atoms with E-state index in [0.717, 1.165) is 22.9 Å². The Kier molecular flexibility index (Phi) is 5.10.